The molecule has 2 fully saturated rings. The van der Waals surface area contributed by atoms with Gasteiger partial charge < -0.3 is 10.0 Å². The lowest BCUT2D eigenvalue weighted by molar-refractivity contribution is -0.149. The second kappa shape index (κ2) is 5.85. The van der Waals surface area contributed by atoms with Crippen LogP contribution >= 0.6 is 0 Å². The highest BCUT2D eigenvalue weighted by molar-refractivity contribution is 5.85. The van der Waals surface area contributed by atoms with Crippen LogP contribution in [0.4, 0.5) is 0 Å². The Balaban J connectivity index is 1.58. The van der Waals surface area contributed by atoms with E-state index in [1.165, 1.54) is 4.52 Å². The fourth-order valence-electron chi connectivity index (χ4n) is 4.12. The summed E-state index contributed by atoms with van der Waals surface area (Å²) in [6.45, 7) is 0. The van der Waals surface area contributed by atoms with Crippen molar-refractivity contribution in [2.45, 2.75) is 50.6 Å². The molecule has 8 nitrogen and oxygen atoms in total. The van der Waals surface area contributed by atoms with Crippen molar-refractivity contribution >= 4 is 17.7 Å². The number of hydrogen-bond donors (Lipinski definition) is 1. The van der Waals surface area contributed by atoms with Crippen LogP contribution in [0, 0.1) is 5.92 Å². The van der Waals surface area contributed by atoms with Gasteiger partial charge in [-0.1, -0.05) is 12.8 Å². The largest absolute Gasteiger partial charge is 0.480 e. The van der Waals surface area contributed by atoms with Gasteiger partial charge in [0.15, 0.2) is 5.82 Å². The maximum atomic E-state index is 12.8. The molecule has 1 saturated carbocycles. The van der Waals surface area contributed by atoms with Crippen molar-refractivity contribution < 1.29 is 14.7 Å². The zero-order valence-corrected chi connectivity index (χ0v) is 13.2. The number of aromatic nitrogens is 4. The van der Waals surface area contributed by atoms with Crippen molar-refractivity contribution in [3.8, 4) is 0 Å². The summed E-state index contributed by atoms with van der Waals surface area (Å²) in [4.78, 5) is 34.3. The predicted molar refractivity (Wildman–Crippen MR) is 83.1 cm³/mol. The van der Waals surface area contributed by atoms with Crippen LogP contribution in [0.5, 0.6) is 0 Å². The fourth-order valence-corrected chi connectivity index (χ4v) is 4.12. The zero-order chi connectivity index (χ0) is 16.7. The van der Waals surface area contributed by atoms with Gasteiger partial charge in [-0.3, -0.25) is 4.79 Å². The summed E-state index contributed by atoms with van der Waals surface area (Å²) in [6, 6.07) is 1.06. The minimum absolute atomic E-state index is 0.0103. The minimum atomic E-state index is -0.914. The first-order valence-corrected chi connectivity index (χ1v) is 8.34. The molecule has 1 N–H and O–H groups in total. The van der Waals surface area contributed by atoms with Crippen LogP contribution in [-0.2, 0) is 16.0 Å². The summed E-state index contributed by atoms with van der Waals surface area (Å²) in [5, 5.41) is 13.8. The number of amides is 1. The van der Waals surface area contributed by atoms with E-state index in [0.717, 1.165) is 25.7 Å². The Hall–Kier alpha value is -2.51. The topological polar surface area (TPSA) is 101 Å². The van der Waals surface area contributed by atoms with Gasteiger partial charge in [-0.2, -0.15) is 4.98 Å². The highest BCUT2D eigenvalue weighted by Crippen LogP contribution is 2.40. The first-order chi connectivity index (χ1) is 11.6. The Morgan fingerprint density at radius 1 is 1.29 bits per heavy atom. The van der Waals surface area contributed by atoms with Crippen molar-refractivity contribution in [1.82, 2.24) is 24.5 Å². The second-order valence-corrected chi connectivity index (χ2v) is 6.57. The Morgan fingerprint density at radius 2 is 2.12 bits per heavy atom. The number of carboxylic acids is 1. The highest BCUT2D eigenvalue weighted by atomic mass is 16.4. The first kappa shape index (κ1) is 15.0. The third-order valence-corrected chi connectivity index (χ3v) is 5.13. The summed E-state index contributed by atoms with van der Waals surface area (Å²) in [6.07, 6.45) is 7.97. The number of aliphatic carboxylic acids is 1. The normalized spacial score (nSPS) is 26.5. The van der Waals surface area contributed by atoms with Gasteiger partial charge in [0, 0.05) is 18.4 Å². The van der Waals surface area contributed by atoms with E-state index in [1.54, 1.807) is 23.4 Å². The summed E-state index contributed by atoms with van der Waals surface area (Å²) in [5.41, 5.74) is 0. The molecule has 3 heterocycles. The van der Waals surface area contributed by atoms with Crippen molar-refractivity contribution in [2.24, 2.45) is 5.92 Å². The molecule has 0 spiro atoms. The molecule has 126 valence electrons. The van der Waals surface area contributed by atoms with E-state index in [9.17, 15) is 14.7 Å². The number of fused-ring (bicyclic) bond motifs is 2. The predicted octanol–water partition coefficient (Wildman–Crippen LogP) is 0.911. The lowest BCUT2D eigenvalue weighted by Crippen LogP contribution is -2.47. The molecule has 1 aliphatic heterocycles. The van der Waals surface area contributed by atoms with E-state index < -0.39 is 12.0 Å². The maximum absolute atomic E-state index is 12.8. The molecule has 2 aromatic rings. The van der Waals surface area contributed by atoms with Crippen LogP contribution in [0.1, 0.15) is 37.9 Å². The van der Waals surface area contributed by atoms with E-state index >= 15 is 0 Å². The number of carboxylic acid groups (broad SMARTS) is 1. The van der Waals surface area contributed by atoms with Gasteiger partial charge in [-0.25, -0.2) is 14.3 Å². The van der Waals surface area contributed by atoms with Crippen molar-refractivity contribution in [3.05, 3.63) is 24.3 Å². The average molecular weight is 329 g/mol. The molecule has 0 bridgehead atoms. The van der Waals surface area contributed by atoms with Crippen molar-refractivity contribution in [3.63, 3.8) is 0 Å². The third kappa shape index (κ3) is 2.51. The quantitative estimate of drug-likeness (QED) is 0.898. The van der Waals surface area contributed by atoms with Gasteiger partial charge >= 0.3 is 5.97 Å². The minimum Gasteiger partial charge on any atom is -0.480 e. The molecular weight excluding hydrogens is 310 g/mol. The Morgan fingerprint density at radius 3 is 2.92 bits per heavy atom. The average Bonchev–Trinajstić information content (AvgIpc) is 3.15. The van der Waals surface area contributed by atoms with Gasteiger partial charge in [0.25, 0.3) is 5.78 Å². The zero-order valence-electron chi connectivity index (χ0n) is 13.2. The summed E-state index contributed by atoms with van der Waals surface area (Å²) >= 11 is 0. The van der Waals surface area contributed by atoms with Gasteiger partial charge in [0.05, 0.1) is 6.42 Å². The highest BCUT2D eigenvalue weighted by Gasteiger charge is 2.47. The summed E-state index contributed by atoms with van der Waals surface area (Å²) in [7, 11) is 0. The van der Waals surface area contributed by atoms with E-state index in [-0.39, 0.29) is 18.4 Å². The molecule has 1 amide bonds. The summed E-state index contributed by atoms with van der Waals surface area (Å²) < 4.78 is 1.52. The van der Waals surface area contributed by atoms with E-state index in [0.29, 0.717) is 23.9 Å². The van der Waals surface area contributed by atoms with Crippen molar-refractivity contribution in [2.75, 3.05) is 0 Å². The maximum Gasteiger partial charge on any atom is 0.326 e. The number of rotatable bonds is 3. The molecule has 2 aromatic heterocycles. The number of carbonyl (C=O) groups is 2. The van der Waals surface area contributed by atoms with Crippen LogP contribution in [0.15, 0.2) is 18.5 Å². The SMILES string of the molecule is O=C(O)C1CC2CCCCC2N1C(=O)Cc1nc2ncccn2n1. The summed E-state index contributed by atoms with van der Waals surface area (Å²) in [5.74, 6) is 0.00345. The van der Waals surface area contributed by atoms with Gasteiger partial charge in [-0.15, -0.1) is 5.10 Å². The van der Waals surface area contributed by atoms with Crippen LogP contribution in [-0.4, -0.2) is 53.5 Å². The molecule has 8 heteroatoms. The number of likely N-dealkylation sites (tertiary alicyclic amines) is 1. The number of nitrogens with zero attached hydrogens (tertiary/aromatic N) is 5. The Kier molecular flexibility index (Phi) is 3.66. The van der Waals surface area contributed by atoms with Crippen LogP contribution < -0.4 is 0 Å². The van der Waals surface area contributed by atoms with Gasteiger partial charge in [-0.05, 0) is 31.2 Å². The second-order valence-electron chi connectivity index (χ2n) is 6.57. The molecule has 1 saturated heterocycles. The lowest BCUT2D eigenvalue weighted by Gasteiger charge is -2.32. The molecule has 0 aromatic carbocycles. The number of carbonyl (C=O) groups excluding carboxylic acids is 1. The van der Waals surface area contributed by atoms with Crippen LogP contribution in [0.25, 0.3) is 5.78 Å². The molecular formula is C16H19N5O3. The van der Waals surface area contributed by atoms with Crippen molar-refractivity contribution in [1.29, 1.82) is 0 Å². The molecule has 4 rings (SSSR count). The smallest absolute Gasteiger partial charge is 0.326 e. The van der Waals surface area contributed by atoms with Gasteiger partial charge in [0.2, 0.25) is 5.91 Å². The molecule has 3 atom stereocenters. The van der Waals surface area contributed by atoms with E-state index in [2.05, 4.69) is 15.1 Å². The molecule has 1 aliphatic carbocycles. The van der Waals surface area contributed by atoms with Gasteiger partial charge in [0.1, 0.15) is 6.04 Å². The fraction of sp³-hybridized carbons (Fsp3) is 0.562. The van der Waals surface area contributed by atoms with Crippen LogP contribution in [0.2, 0.25) is 0 Å². The molecule has 24 heavy (non-hydrogen) atoms. The number of hydrogen-bond acceptors (Lipinski definition) is 5. The molecule has 2 aliphatic rings. The molecule has 3 unspecified atom stereocenters. The monoisotopic (exact) mass is 329 g/mol. The standard InChI is InChI=1S/C16H19N5O3/c22-14(9-13-18-16-17-6-3-7-20(16)19-13)21-11-5-2-1-4-10(11)8-12(21)15(23)24/h3,6-7,10-12H,1-2,4-5,8-9H2,(H,23,24). The van der Waals surface area contributed by atoms with Crippen LogP contribution in [0.3, 0.4) is 0 Å². The third-order valence-electron chi connectivity index (χ3n) is 5.13. The Bertz CT molecular complexity index is 756. The van der Waals surface area contributed by atoms with E-state index in [1.807, 2.05) is 0 Å². The molecule has 0 radical (unpaired) electrons. The first-order valence-electron chi connectivity index (χ1n) is 8.34. The lowest BCUT2D eigenvalue weighted by atomic mass is 9.84. The Labute approximate surface area is 138 Å². The van der Waals surface area contributed by atoms with E-state index in [4.69, 9.17) is 0 Å².